The van der Waals surface area contributed by atoms with Gasteiger partial charge >= 0.3 is 0 Å². The Morgan fingerprint density at radius 3 is 2.39 bits per heavy atom. The summed E-state index contributed by atoms with van der Waals surface area (Å²) in [4.78, 5) is 0. The van der Waals surface area contributed by atoms with E-state index < -0.39 is 0 Å². The molecule has 0 unspecified atom stereocenters. The summed E-state index contributed by atoms with van der Waals surface area (Å²) in [5.41, 5.74) is 2.99. The van der Waals surface area contributed by atoms with Crippen molar-refractivity contribution in [3.8, 4) is 16.9 Å². The van der Waals surface area contributed by atoms with Gasteiger partial charge in [0.15, 0.2) is 0 Å². The summed E-state index contributed by atoms with van der Waals surface area (Å²) in [6, 6.07) is 20.2. The highest BCUT2D eigenvalue weighted by atomic mass is 16.5. The molecule has 0 heterocycles. The highest BCUT2D eigenvalue weighted by molar-refractivity contribution is 6.00. The van der Waals surface area contributed by atoms with Crippen molar-refractivity contribution in [1.29, 1.82) is 0 Å². The van der Waals surface area contributed by atoms with Crippen molar-refractivity contribution in [3.05, 3.63) is 66.2 Å². The number of benzene rings is 3. The summed E-state index contributed by atoms with van der Waals surface area (Å²) in [7, 11) is 3.29. The van der Waals surface area contributed by atoms with Crippen LogP contribution in [0.25, 0.3) is 21.9 Å². The number of hydrogen-bond donors (Lipinski definition) is 1. The fourth-order valence-corrected chi connectivity index (χ4v) is 3.00. The zero-order valence-corrected chi connectivity index (χ0v) is 13.3. The van der Waals surface area contributed by atoms with Crippen molar-refractivity contribution in [2.75, 3.05) is 20.8 Å². The largest absolute Gasteiger partial charge is 0.496 e. The normalized spacial score (nSPS) is 12.3. The Kier molecular flexibility index (Phi) is 4.60. The summed E-state index contributed by atoms with van der Waals surface area (Å²) in [6.07, 6.45) is -0.366. The van der Waals surface area contributed by atoms with Crippen molar-refractivity contribution >= 4 is 10.8 Å². The van der Waals surface area contributed by atoms with Gasteiger partial charge in [0.1, 0.15) is 11.9 Å². The summed E-state index contributed by atoms with van der Waals surface area (Å²) in [5.74, 6) is 0.809. The van der Waals surface area contributed by atoms with Gasteiger partial charge < -0.3 is 14.6 Å². The van der Waals surface area contributed by atoms with Gasteiger partial charge in [0.05, 0.1) is 13.7 Å². The smallest absolute Gasteiger partial charge is 0.127 e. The third-order valence-corrected chi connectivity index (χ3v) is 4.14. The van der Waals surface area contributed by atoms with Gasteiger partial charge in [-0.3, -0.25) is 0 Å². The van der Waals surface area contributed by atoms with Crippen LogP contribution in [0.15, 0.2) is 60.7 Å². The second-order valence-corrected chi connectivity index (χ2v) is 5.36. The van der Waals surface area contributed by atoms with E-state index >= 15 is 0 Å². The molecule has 3 heteroatoms. The molecule has 118 valence electrons. The lowest BCUT2D eigenvalue weighted by molar-refractivity contribution is 0.0488. The van der Waals surface area contributed by atoms with Crippen molar-refractivity contribution in [2.24, 2.45) is 0 Å². The lowest BCUT2D eigenvalue weighted by Gasteiger charge is -2.20. The first-order chi connectivity index (χ1) is 11.3. The first-order valence-electron chi connectivity index (χ1n) is 7.58. The summed E-state index contributed by atoms with van der Waals surface area (Å²) >= 11 is 0. The highest BCUT2D eigenvalue weighted by Crippen LogP contribution is 2.40. The molecule has 0 saturated carbocycles. The van der Waals surface area contributed by atoms with E-state index in [1.165, 1.54) is 0 Å². The molecule has 23 heavy (non-hydrogen) atoms. The monoisotopic (exact) mass is 308 g/mol. The number of hydrogen-bond acceptors (Lipinski definition) is 3. The molecule has 3 aromatic rings. The molecular formula is C20H20O3. The average molecular weight is 308 g/mol. The maximum atomic E-state index is 9.63. The summed E-state index contributed by atoms with van der Waals surface area (Å²) in [5, 5.41) is 11.9. The minimum absolute atomic E-state index is 0.0689. The second-order valence-electron chi connectivity index (χ2n) is 5.36. The lowest BCUT2D eigenvalue weighted by atomic mass is 9.91. The lowest BCUT2D eigenvalue weighted by Crippen LogP contribution is -2.08. The van der Waals surface area contributed by atoms with E-state index in [1.807, 2.05) is 42.5 Å². The zero-order chi connectivity index (χ0) is 16.2. The van der Waals surface area contributed by atoms with Crippen LogP contribution in [0.3, 0.4) is 0 Å². The number of methoxy groups -OCH3 is 2. The molecule has 0 saturated heterocycles. The van der Waals surface area contributed by atoms with E-state index in [0.717, 1.165) is 33.2 Å². The molecule has 0 bridgehead atoms. The maximum Gasteiger partial charge on any atom is 0.127 e. The van der Waals surface area contributed by atoms with Crippen molar-refractivity contribution in [3.63, 3.8) is 0 Å². The molecule has 0 aliphatic heterocycles. The summed E-state index contributed by atoms with van der Waals surface area (Å²) in [6.45, 7) is -0.0689. The van der Waals surface area contributed by atoms with E-state index in [9.17, 15) is 5.11 Å². The average Bonchev–Trinajstić information content (AvgIpc) is 2.62. The number of aliphatic hydroxyl groups is 1. The fraction of sp³-hybridized carbons (Fsp3) is 0.200. The number of rotatable bonds is 5. The minimum atomic E-state index is -0.366. The van der Waals surface area contributed by atoms with Gasteiger partial charge in [-0.15, -0.1) is 0 Å². The minimum Gasteiger partial charge on any atom is -0.496 e. The zero-order valence-electron chi connectivity index (χ0n) is 13.3. The van der Waals surface area contributed by atoms with Gasteiger partial charge in [-0.25, -0.2) is 0 Å². The van der Waals surface area contributed by atoms with Crippen LogP contribution in [-0.2, 0) is 4.74 Å². The van der Waals surface area contributed by atoms with Gasteiger partial charge in [0.25, 0.3) is 0 Å². The first-order valence-corrected chi connectivity index (χ1v) is 7.58. The molecule has 0 spiro atoms. The Hall–Kier alpha value is -2.36. The van der Waals surface area contributed by atoms with Crippen LogP contribution in [0.5, 0.6) is 5.75 Å². The summed E-state index contributed by atoms with van der Waals surface area (Å²) < 4.78 is 11.0. The molecule has 1 N–H and O–H groups in total. The van der Waals surface area contributed by atoms with Crippen LogP contribution in [-0.4, -0.2) is 25.9 Å². The van der Waals surface area contributed by atoms with E-state index in [2.05, 4.69) is 18.2 Å². The molecule has 0 aliphatic rings. The van der Waals surface area contributed by atoms with Gasteiger partial charge in [-0.2, -0.15) is 0 Å². The Balaban J connectivity index is 2.33. The molecule has 0 radical (unpaired) electrons. The molecule has 0 amide bonds. The quantitative estimate of drug-likeness (QED) is 0.768. The van der Waals surface area contributed by atoms with Crippen molar-refractivity contribution in [2.45, 2.75) is 6.10 Å². The van der Waals surface area contributed by atoms with Crippen molar-refractivity contribution in [1.82, 2.24) is 0 Å². The number of aliphatic hydroxyl groups excluding tert-OH is 1. The molecule has 0 aromatic heterocycles. The first kappa shape index (κ1) is 15.5. The fourth-order valence-electron chi connectivity index (χ4n) is 3.00. The van der Waals surface area contributed by atoms with Gasteiger partial charge in [-0.05, 0) is 28.0 Å². The van der Waals surface area contributed by atoms with Crippen LogP contribution < -0.4 is 4.74 Å². The van der Waals surface area contributed by atoms with E-state index in [0.29, 0.717) is 0 Å². The predicted octanol–water partition coefficient (Wildman–Crippen LogP) is 4.20. The second kappa shape index (κ2) is 6.82. The Bertz CT molecular complexity index is 807. The molecule has 1 atom stereocenters. The van der Waals surface area contributed by atoms with E-state index in [1.54, 1.807) is 14.2 Å². The van der Waals surface area contributed by atoms with Crippen LogP contribution in [0.2, 0.25) is 0 Å². The molecule has 0 fully saturated rings. The molecule has 3 rings (SSSR count). The Morgan fingerprint density at radius 2 is 1.65 bits per heavy atom. The molecule has 0 aliphatic carbocycles. The third-order valence-electron chi connectivity index (χ3n) is 4.14. The number of ether oxygens (including phenoxy) is 2. The maximum absolute atomic E-state index is 9.63. The van der Waals surface area contributed by atoms with Crippen molar-refractivity contribution < 1.29 is 14.6 Å². The van der Waals surface area contributed by atoms with Crippen LogP contribution >= 0.6 is 0 Å². The van der Waals surface area contributed by atoms with Gasteiger partial charge in [-0.1, -0.05) is 54.6 Å². The number of fused-ring (bicyclic) bond motifs is 1. The molecule has 3 aromatic carbocycles. The standard InChI is InChI=1S/C20H20O3/c1-22-18-12-11-14-7-3-4-8-15(14)20(18)17-10-6-5-9-16(17)19(13-21)23-2/h3-12,19,21H,13H2,1-2H3/t19-/m0/s1. The van der Waals surface area contributed by atoms with E-state index in [4.69, 9.17) is 9.47 Å². The topological polar surface area (TPSA) is 38.7 Å². The van der Waals surface area contributed by atoms with Crippen LogP contribution in [0, 0.1) is 0 Å². The third kappa shape index (κ3) is 2.81. The Morgan fingerprint density at radius 1 is 0.913 bits per heavy atom. The Labute approximate surface area is 136 Å². The molecular weight excluding hydrogens is 288 g/mol. The predicted molar refractivity (Wildman–Crippen MR) is 92.8 cm³/mol. The molecule has 3 nitrogen and oxygen atoms in total. The SMILES string of the molecule is COc1ccc2ccccc2c1-c1ccccc1[C@H](CO)OC. The van der Waals surface area contributed by atoms with Gasteiger partial charge in [0.2, 0.25) is 0 Å². The highest BCUT2D eigenvalue weighted by Gasteiger charge is 2.18. The van der Waals surface area contributed by atoms with E-state index in [-0.39, 0.29) is 12.7 Å². The van der Waals surface area contributed by atoms with Crippen LogP contribution in [0.1, 0.15) is 11.7 Å². The van der Waals surface area contributed by atoms with Gasteiger partial charge in [0, 0.05) is 12.7 Å². The van der Waals surface area contributed by atoms with Crippen LogP contribution in [0.4, 0.5) is 0 Å².